The molecule has 1 aliphatic rings. The fraction of sp³-hybridized carbons (Fsp3) is 0.650. The third-order valence-corrected chi connectivity index (χ3v) is 5.34. The maximum absolute atomic E-state index is 12.2. The minimum Gasteiger partial charge on any atom is -0.481 e. The summed E-state index contributed by atoms with van der Waals surface area (Å²) in [6.07, 6.45) is 5.78. The van der Waals surface area contributed by atoms with E-state index in [0.717, 1.165) is 29.1 Å². The fourth-order valence-electron chi connectivity index (χ4n) is 3.25. The Bertz CT molecular complexity index is 546. The summed E-state index contributed by atoms with van der Waals surface area (Å²) >= 11 is 6.17. The molecule has 0 radical (unpaired) electrons. The average molecular weight is 367 g/mol. The molecule has 0 aliphatic carbocycles. The number of amides is 1. The van der Waals surface area contributed by atoms with Gasteiger partial charge in [0, 0.05) is 11.6 Å². The lowest BCUT2D eigenvalue weighted by molar-refractivity contribution is -0.127. The maximum Gasteiger partial charge on any atom is 0.260 e. The van der Waals surface area contributed by atoms with Gasteiger partial charge in [-0.3, -0.25) is 4.79 Å². The molecule has 1 N–H and O–H groups in total. The molecule has 2 rings (SSSR count). The Balaban J connectivity index is 1.71. The molecule has 25 heavy (non-hydrogen) atoms. The van der Waals surface area contributed by atoms with Gasteiger partial charge in [-0.25, -0.2) is 0 Å². The summed E-state index contributed by atoms with van der Waals surface area (Å²) in [4.78, 5) is 14.7. The number of hydrogen-bond acceptors (Lipinski definition) is 3. The molecule has 1 aromatic carbocycles. The van der Waals surface area contributed by atoms with Crippen LogP contribution < -0.4 is 10.1 Å². The normalized spacial score (nSPS) is 17.0. The first-order chi connectivity index (χ1) is 12.0. The number of carbonyl (C=O) groups is 1. The van der Waals surface area contributed by atoms with E-state index < -0.39 is 6.10 Å². The number of benzene rings is 1. The number of rotatable bonds is 7. The number of nitrogens with one attached hydrogen (secondary N) is 1. The molecule has 5 heteroatoms. The number of halogens is 1. The van der Waals surface area contributed by atoms with Crippen molar-refractivity contribution in [3.8, 4) is 5.75 Å². The molecule has 4 nitrogen and oxygen atoms in total. The first kappa shape index (κ1) is 20.1. The predicted octanol–water partition coefficient (Wildman–Crippen LogP) is 4.11. The summed E-state index contributed by atoms with van der Waals surface area (Å²) in [5.41, 5.74) is 1.92. The molecule has 1 amide bonds. The first-order valence-corrected chi connectivity index (χ1v) is 9.78. The topological polar surface area (TPSA) is 41.6 Å². The molecule has 0 aromatic heterocycles. The SMILES string of the molecule is Cc1cc(O[C@@H](C)C(=O)NCCCN2CCCCCC2)cc(C)c1Cl. The monoisotopic (exact) mass is 366 g/mol. The molecular formula is C20H31ClN2O2. The van der Waals surface area contributed by atoms with Gasteiger partial charge in [-0.05, 0) is 82.9 Å². The Morgan fingerprint density at radius 2 is 1.80 bits per heavy atom. The summed E-state index contributed by atoms with van der Waals surface area (Å²) in [5, 5.41) is 3.73. The Kier molecular flexibility index (Phi) is 8.04. The van der Waals surface area contributed by atoms with Gasteiger partial charge in [0.25, 0.3) is 5.91 Å². The fourth-order valence-corrected chi connectivity index (χ4v) is 3.36. The van der Waals surface area contributed by atoms with Crippen LogP contribution in [0.15, 0.2) is 12.1 Å². The molecule has 1 aliphatic heterocycles. The smallest absolute Gasteiger partial charge is 0.260 e. The quantitative estimate of drug-likeness (QED) is 0.738. The van der Waals surface area contributed by atoms with Crippen molar-refractivity contribution in [2.45, 2.75) is 59.0 Å². The van der Waals surface area contributed by atoms with Crippen molar-refractivity contribution in [1.29, 1.82) is 0 Å². The Hall–Kier alpha value is -1.26. The zero-order valence-electron chi connectivity index (χ0n) is 15.7. The van der Waals surface area contributed by atoms with Crippen LogP contribution in [-0.4, -0.2) is 43.1 Å². The predicted molar refractivity (Wildman–Crippen MR) is 104 cm³/mol. The number of hydrogen-bond donors (Lipinski definition) is 1. The van der Waals surface area contributed by atoms with E-state index in [0.29, 0.717) is 12.3 Å². The number of aryl methyl sites for hydroxylation is 2. The highest BCUT2D eigenvalue weighted by atomic mass is 35.5. The molecule has 0 bridgehead atoms. The van der Waals surface area contributed by atoms with E-state index >= 15 is 0 Å². The van der Waals surface area contributed by atoms with Gasteiger partial charge < -0.3 is 15.0 Å². The van der Waals surface area contributed by atoms with Crippen molar-refractivity contribution in [3.63, 3.8) is 0 Å². The van der Waals surface area contributed by atoms with Crippen molar-refractivity contribution in [2.24, 2.45) is 0 Å². The minimum atomic E-state index is -0.516. The maximum atomic E-state index is 12.2. The number of nitrogens with zero attached hydrogens (tertiary/aromatic N) is 1. The van der Waals surface area contributed by atoms with Crippen molar-refractivity contribution in [1.82, 2.24) is 10.2 Å². The van der Waals surface area contributed by atoms with Crippen LogP contribution in [0.4, 0.5) is 0 Å². The van der Waals surface area contributed by atoms with Crippen LogP contribution in [-0.2, 0) is 4.79 Å². The van der Waals surface area contributed by atoms with E-state index in [-0.39, 0.29) is 5.91 Å². The van der Waals surface area contributed by atoms with E-state index in [4.69, 9.17) is 16.3 Å². The first-order valence-electron chi connectivity index (χ1n) is 9.41. The van der Waals surface area contributed by atoms with Crippen LogP contribution in [0.1, 0.15) is 50.2 Å². The zero-order chi connectivity index (χ0) is 18.2. The number of carbonyl (C=O) groups excluding carboxylic acids is 1. The van der Waals surface area contributed by atoms with E-state index in [1.165, 1.54) is 38.8 Å². The van der Waals surface area contributed by atoms with Crippen LogP contribution in [0.25, 0.3) is 0 Å². The van der Waals surface area contributed by atoms with Crippen LogP contribution in [0, 0.1) is 13.8 Å². The van der Waals surface area contributed by atoms with Crippen molar-refractivity contribution >= 4 is 17.5 Å². The highest BCUT2D eigenvalue weighted by Gasteiger charge is 2.15. The second-order valence-electron chi connectivity index (χ2n) is 7.03. The Labute approximate surface area is 156 Å². The summed E-state index contributed by atoms with van der Waals surface area (Å²) in [7, 11) is 0. The Morgan fingerprint density at radius 1 is 1.20 bits per heavy atom. The molecular weight excluding hydrogens is 336 g/mol. The summed E-state index contributed by atoms with van der Waals surface area (Å²) in [6.45, 7) is 9.81. The molecule has 1 saturated heterocycles. The van der Waals surface area contributed by atoms with Gasteiger partial charge in [0.2, 0.25) is 0 Å². The molecule has 1 atom stereocenters. The van der Waals surface area contributed by atoms with Crippen molar-refractivity contribution in [2.75, 3.05) is 26.2 Å². The second kappa shape index (κ2) is 10.0. The highest BCUT2D eigenvalue weighted by Crippen LogP contribution is 2.26. The molecule has 0 unspecified atom stereocenters. The molecule has 0 spiro atoms. The highest BCUT2D eigenvalue weighted by molar-refractivity contribution is 6.32. The van der Waals surface area contributed by atoms with Crippen LogP contribution in [0.2, 0.25) is 5.02 Å². The lowest BCUT2D eigenvalue weighted by Gasteiger charge is -2.20. The van der Waals surface area contributed by atoms with Gasteiger partial charge in [-0.15, -0.1) is 0 Å². The Morgan fingerprint density at radius 3 is 2.40 bits per heavy atom. The molecule has 1 fully saturated rings. The third-order valence-electron chi connectivity index (χ3n) is 4.74. The lowest BCUT2D eigenvalue weighted by Crippen LogP contribution is -2.38. The van der Waals surface area contributed by atoms with E-state index in [2.05, 4.69) is 10.2 Å². The van der Waals surface area contributed by atoms with Gasteiger partial charge in [0.05, 0.1) is 0 Å². The lowest BCUT2D eigenvalue weighted by atomic mass is 10.1. The van der Waals surface area contributed by atoms with Crippen LogP contribution >= 0.6 is 11.6 Å². The van der Waals surface area contributed by atoms with E-state index in [9.17, 15) is 4.79 Å². The third kappa shape index (κ3) is 6.52. The standard InChI is InChI=1S/C20H31ClN2O2/c1-15-13-18(14-16(2)19(15)21)25-17(3)20(24)22-9-8-12-23-10-6-4-5-7-11-23/h13-14,17H,4-12H2,1-3H3,(H,22,24)/t17-/m0/s1. The number of likely N-dealkylation sites (tertiary alicyclic amines) is 1. The molecule has 140 valence electrons. The van der Waals surface area contributed by atoms with Crippen molar-refractivity contribution in [3.05, 3.63) is 28.3 Å². The van der Waals surface area contributed by atoms with Crippen LogP contribution in [0.3, 0.4) is 0 Å². The van der Waals surface area contributed by atoms with Gasteiger partial charge in [-0.1, -0.05) is 24.4 Å². The van der Waals surface area contributed by atoms with Gasteiger partial charge in [-0.2, -0.15) is 0 Å². The number of ether oxygens (including phenoxy) is 1. The molecule has 1 aromatic rings. The van der Waals surface area contributed by atoms with Crippen molar-refractivity contribution < 1.29 is 9.53 Å². The average Bonchev–Trinajstić information content (AvgIpc) is 2.85. The van der Waals surface area contributed by atoms with Gasteiger partial charge >= 0.3 is 0 Å². The molecule has 0 saturated carbocycles. The van der Waals surface area contributed by atoms with Gasteiger partial charge in [0.15, 0.2) is 6.10 Å². The minimum absolute atomic E-state index is 0.0684. The van der Waals surface area contributed by atoms with Crippen LogP contribution in [0.5, 0.6) is 5.75 Å². The zero-order valence-corrected chi connectivity index (χ0v) is 16.5. The molecule has 1 heterocycles. The largest absolute Gasteiger partial charge is 0.481 e. The summed E-state index contributed by atoms with van der Waals surface area (Å²) < 4.78 is 5.78. The van der Waals surface area contributed by atoms with E-state index in [1.807, 2.05) is 26.0 Å². The van der Waals surface area contributed by atoms with Gasteiger partial charge in [0.1, 0.15) is 5.75 Å². The summed E-state index contributed by atoms with van der Waals surface area (Å²) in [6, 6.07) is 3.75. The van der Waals surface area contributed by atoms with E-state index in [1.54, 1.807) is 6.92 Å². The second-order valence-corrected chi connectivity index (χ2v) is 7.41. The summed E-state index contributed by atoms with van der Waals surface area (Å²) in [5.74, 6) is 0.618.